The van der Waals surface area contributed by atoms with Crippen molar-refractivity contribution in [3.63, 3.8) is 0 Å². The summed E-state index contributed by atoms with van der Waals surface area (Å²) < 4.78 is 41.3. The summed E-state index contributed by atoms with van der Waals surface area (Å²) in [6.45, 7) is 2.54. The molecule has 0 bridgehead atoms. The van der Waals surface area contributed by atoms with E-state index in [0.717, 1.165) is 43.2 Å². The molecule has 3 aliphatic rings. The fraction of sp³-hybridized carbons (Fsp3) is 0.429. The fourth-order valence-electron chi connectivity index (χ4n) is 5.11. The summed E-state index contributed by atoms with van der Waals surface area (Å²) in [7, 11) is 0. The van der Waals surface area contributed by atoms with Crippen LogP contribution in [0.5, 0.6) is 0 Å². The van der Waals surface area contributed by atoms with Gasteiger partial charge in [-0.05, 0) is 23.8 Å². The van der Waals surface area contributed by atoms with Gasteiger partial charge in [-0.15, -0.1) is 10.2 Å². The van der Waals surface area contributed by atoms with E-state index in [4.69, 9.17) is 11.6 Å². The van der Waals surface area contributed by atoms with E-state index in [2.05, 4.69) is 30.0 Å². The minimum Gasteiger partial charge on any atom is -0.354 e. The van der Waals surface area contributed by atoms with Crippen LogP contribution < -0.4 is 9.80 Å². The molecule has 3 aromatic rings. The molecule has 1 spiro atoms. The van der Waals surface area contributed by atoms with E-state index in [1.54, 1.807) is 30.7 Å². The van der Waals surface area contributed by atoms with Crippen molar-refractivity contribution in [2.45, 2.75) is 19.3 Å². The molecule has 2 aromatic heterocycles. The molecule has 6 rings (SSSR count). The van der Waals surface area contributed by atoms with E-state index < -0.39 is 12.7 Å². The third kappa shape index (κ3) is 3.68. The molecule has 0 N–H and O–H groups in total. The lowest BCUT2D eigenvalue weighted by atomic mass is 9.73. The molecule has 2 fully saturated rings. The number of fused-ring (bicyclic) bond motifs is 3. The Morgan fingerprint density at radius 1 is 1.00 bits per heavy atom. The highest BCUT2D eigenvalue weighted by molar-refractivity contribution is 6.30. The van der Waals surface area contributed by atoms with Crippen molar-refractivity contribution in [2.75, 3.05) is 42.5 Å². The smallest absolute Gasteiger partial charge is 0.354 e. The molecule has 0 unspecified atom stereocenters. The van der Waals surface area contributed by atoms with Gasteiger partial charge in [0.1, 0.15) is 5.82 Å². The molecule has 2 saturated heterocycles. The Labute approximate surface area is 192 Å². The molecule has 5 heterocycles. The van der Waals surface area contributed by atoms with Crippen LogP contribution in [0.15, 0.2) is 36.8 Å². The summed E-state index contributed by atoms with van der Waals surface area (Å²) >= 11 is 6.17. The summed E-state index contributed by atoms with van der Waals surface area (Å²) in [6, 6.07) is 5.30. The number of hydrogen-bond donors (Lipinski definition) is 0. The van der Waals surface area contributed by atoms with Crippen molar-refractivity contribution in [2.24, 2.45) is 5.41 Å². The van der Waals surface area contributed by atoms with E-state index >= 15 is 0 Å². The van der Waals surface area contributed by atoms with Crippen molar-refractivity contribution >= 4 is 23.4 Å². The van der Waals surface area contributed by atoms with Crippen molar-refractivity contribution in [1.29, 1.82) is 0 Å². The molecule has 0 saturated carbocycles. The maximum Gasteiger partial charge on any atom is 0.401 e. The maximum absolute atomic E-state index is 13.2. The molecule has 172 valence electrons. The zero-order valence-corrected chi connectivity index (χ0v) is 18.3. The monoisotopic (exact) mass is 476 g/mol. The molecule has 0 amide bonds. The van der Waals surface area contributed by atoms with Crippen molar-refractivity contribution < 1.29 is 13.2 Å². The lowest BCUT2D eigenvalue weighted by Crippen LogP contribution is -2.73. The Morgan fingerprint density at radius 3 is 2.52 bits per heavy atom. The number of alkyl halides is 3. The summed E-state index contributed by atoms with van der Waals surface area (Å²) in [5.41, 5.74) is 1.65. The zero-order chi connectivity index (χ0) is 22.8. The molecular weight excluding hydrogens is 457 g/mol. The summed E-state index contributed by atoms with van der Waals surface area (Å²) in [5.74, 6) is 2.02. The average Bonchev–Trinajstić information content (AvgIpc) is 3.02. The first-order valence-corrected chi connectivity index (χ1v) is 10.9. The first kappa shape index (κ1) is 20.7. The van der Waals surface area contributed by atoms with Crippen LogP contribution in [0.3, 0.4) is 0 Å². The zero-order valence-electron chi connectivity index (χ0n) is 17.5. The number of hydrogen-bond acceptors (Lipinski definition) is 7. The Hall–Kier alpha value is -2.92. The number of benzene rings is 1. The number of aromatic nitrogens is 5. The van der Waals surface area contributed by atoms with Gasteiger partial charge < -0.3 is 9.80 Å². The minimum atomic E-state index is -4.31. The van der Waals surface area contributed by atoms with Gasteiger partial charge in [0.25, 0.3) is 0 Å². The van der Waals surface area contributed by atoms with Crippen LogP contribution in [0.2, 0.25) is 5.02 Å². The molecular formula is C21H20ClF3N8. The first-order chi connectivity index (χ1) is 15.8. The van der Waals surface area contributed by atoms with Gasteiger partial charge in [0.2, 0.25) is 5.95 Å². The van der Waals surface area contributed by atoms with Gasteiger partial charge in [-0.25, -0.2) is 4.98 Å². The third-order valence-corrected chi connectivity index (χ3v) is 6.65. The predicted molar refractivity (Wildman–Crippen MR) is 115 cm³/mol. The molecule has 0 radical (unpaired) electrons. The average molecular weight is 477 g/mol. The molecule has 1 aromatic carbocycles. The van der Waals surface area contributed by atoms with E-state index in [0.29, 0.717) is 16.8 Å². The fourth-order valence-corrected chi connectivity index (χ4v) is 5.30. The van der Waals surface area contributed by atoms with Crippen molar-refractivity contribution in [3.8, 4) is 5.69 Å². The van der Waals surface area contributed by atoms with Crippen LogP contribution in [-0.4, -0.2) is 68.5 Å². The van der Waals surface area contributed by atoms with Crippen LogP contribution in [0.4, 0.5) is 24.9 Å². The van der Waals surface area contributed by atoms with Crippen molar-refractivity contribution in [1.82, 2.24) is 29.6 Å². The lowest BCUT2D eigenvalue weighted by molar-refractivity contribution is -0.148. The van der Waals surface area contributed by atoms with Gasteiger partial charge in [0, 0.05) is 55.6 Å². The van der Waals surface area contributed by atoms with E-state index in [-0.39, 0.29) is 18.5 Å². The van der Waals surface area contributed by atoms with Crippen LogP contribution in [0.1, 0.15) is 11.4 Å². The Balaban J connectivity index is 1.25. The summed E-state index contributed by atoms with van der Waals surface area (Å²) in [6.07, 6.45) is 0.795. The summed E-state index contributed by atoms with van der Waals surface area (Å²) in [4.78, 5) is 14.1. The Kier molecular flexibility index (Phi) is 4.57. The van der Waals surface area contributed by atoms with Gasteiger partial charge in [-0.2, -0.15) is 13.2 Å². The molecule has 0 atom stereocenters. The van der Waals surface area contributed by atoms with Gasteiger partial charge in [0.15, 0.2) is 5.82 Å². The second kappa shape index (κ2) is 7.29. The second-order valence-corrected chi connectivity index (χ2v) is 9.50. The summed E-state index contributed by atoms with van der Waals surface area (Å²) in [5, 5.41) is 9.14. The van der Waals surface area contributed by atoms with E-state index in [1.807, 2.05) is 10.6 Å². The predicted octanol–water partition coefficient (Wildman–Crippen LogP) is 2.92. The van der Waals surface area contributed by atoms with Crippen LogP contribution >= 0.6 is 11.6 Å². The van der Waals surface area contributed by atoms with E-state index in [9.17, 15) is 13.2 Å². The molecule has 33 heavy (non-hydrogen) atoms. The SMILES string of the molecule is FC(F)(F)CN1Cc2cc(Cl)ccc2-n2c(nnc2N2CC3(CN(c4cnccn4)C3)C2)C1. The van der Waals surface area contributed by atoms with Gasteiger partial charge in [0.05, 0.1) is 25.0 Å². The molecule has 3 aliphatic heterocycles. The minimum absolute atomic E-state index is 0.0538. The number of halogens is 4. The highest BCUT2D eigenvalue weighted by Gasteiger charge is 2.53. The van der Waals surface area contributed by atoms with Gasteiger partial charge >= 0.3 is 6.18 Å². The highest BCUT2D eigenvalue weighted by Crippen LogP contribution is 2.43. The first-order valence-electron chi connectivity index (χ1n) is 10.6. The van der Waals surface area contributed by atoms with Gasteiger partial charge in [-0.1, -0.05) is 11.6 Å². The quantitative estimate of drug-likeness (QED) is 0.576. The highest BCUT2D eigenvalue weighted by atomic mass is 35.5. The van der Waals surface area contributed by atoms with Crippen LogP contribution in [-0.2, 0) is 13.1 Å². The van der Waals surface area contributed by atoms with Gasteiger partial charge in [-0.3, -0.25) is 14.5 Å². The number of nitrogens with zero attached hydrogens (tertiary/aromatic N) is 8. The molecule has 12 heteroatoms. The second-order valence-electron chi connectivity index (χ2n) is 9.06. The van der Waals surface area contributed by atoms with Crippen LogP contribution in [0, 0.1) is 5.41 Å². The topological polar surface area (TPSA) is 66.2 Å². The maximum atomic E-state index is 13.2. The van der Waals surface area contributed by atoms with Crippen LogP contribution in [0.25, 0.3) is 5.69 Å². The molecule has 0 aliphatic carbocycles. The molecule has 8 nitrogen and oxygen atoms in total. The normalized spacial score (nSPS) is 19.5. The number of rotatable bonds is 3. The largest absolute Gasteiger partial charge is 0.401 e. The van der Waals surface area contributed by atoms with E-state index in [1.165, 1.54) is 4.90 Å². The number of anilines is 2. The Bertz CT molecular complexity index is 1180. The van der Waals surface area contributed by atoms with Crippen molar-refractivity contribution in [3.05, 3.63) is 53.2 Å². The Morgan fingerprint density at radius 2 is 1.79 bits per heavy atom. The lowest BCUT2D eigenvalue weighted by Gasteiger charge is -2.60. The standard InChI is InChI=1S/C21H20ClF3N8/c22-15-1-2-16-14(5-15)7-30(13-21(23,24)25)8-18-28-29-19(33(16)18)32-11-20(12-32)9-31(10-20)17-6-26-3-4-27-17/h1-6H,7-13H2. The third-order valence-electron chi connectivity index (χ3n) is 6.42.